The van der Waals surface area contributed by atoms with E-state index in [4.69, 9.17) is 4.65 Å². The summed E-state index contributed by atoms with van der Waals surface area (Å²) < 4.78 is 5.80. The predicted octanol–water partition coefficient (Wildman–Crippen LogP) is 1.64. The van der Waals surface area contributed by atoms with Gasteiger partial charge in [0.2, 0.25) is 0 Å². The highest BCUT2D eigenvalue weighted by molar-refractivity contribution is 6.47. The van der Waals surface area contributed by atoms with E-state index in [9.17, 15) is 5.11 Å². The molecule has 0 spiro atoms. The molecule has 0 saturated carbocycles. The van der Waals surface area contributed by atoms with Gasteiger partial charge in [-0.05, 0) is 46.4 Å². The number of rotatable bonds is 6. The molecule has 1 saturated heterocycles. The Morgan fingerprint density at radius 2 is 1.61 bits per heavy atom. The number of aliphatic hydroxyl groups is 1. The highest BCUT2D eigenvalue weighted by Gasteiger charge is 2.35. The lowest BCUT2D eigenvalue weighted by Crippen LogP contribution is -2.49. The van der Waals surface area contributed by atoms with E-state index in [0.29, 0.717) is 0 Å². The van der Waals surface area contributed by atoms with Crippen molar-refractivity contribution in [2.24, 2.45) is 0 Å². The third-order valence-electron chi connectivity index (χ3n) is 5.04. The SMILES string of the molecule is CCN1CCN(c2ccc([B]OC(C)(C)C(C)(C)O)cc2)CC1. The average molecular weight is 317 g/mol. The Labute approximate surface area is 141 Å². The van der Waals surface area contributed by atoms with E-state index in [-0.39, 0.29) is 0 Å². The van der Waals surface area contributed by atoms with Crippen LogP contribution >= 0.6 is 0 Å². The second kappa shape index (κ2) is 7.24. The summed E-state index contributed by atoms with van der Waals surface area (Å²) in [4.78, 5) is 4.91. The number of nitrogens with zero attached hydrogens (tertiary/aromatic N) is 2. The Hall–Kier alpha value is -1.04. The van der Waals surface area contributed by atoms with Gasteiger partial charge in [-0.2, -0.15) is 0 Å². The summed E-state index contributed by atoms with van der Waals surface area (Å²) in [5, 5.41) is 10.1. The summed E-state index contributed by atoms with van der Waals surface area (Å²) in [7, 11) is 1.73. The molecular formula is C18H30BN2O2. The van der Waals surface area contributed by atoms with Gasteiger partial charge < -0.3 is 19.6 Å². The van der Waals surface area contributed by atoms with Crippen molar-refractivity contribution >= 4 is 18.6 Å². The minimum Gasteiger partial charge on any atom is -0.427 e. The lowest BCUT2D eigenvalue weighted by atomic mass is 9.82. The van der Waals surface area contributed by atoms with Crippen LogP contribution in [-0.2, 0) is 4.65 Å². The molecule has 1 aliphatic heterocycles. The third kappa shape index (κ3) is 4.72. The first-order chi connectivity index (χ1) is 10.7. The van der Waals surface area contributed by atoms with E-state index in [0.717, 1.165) is 38.2 Å². The number of hydrogen-bond acceptors (Lipinski definition) is 4. The van der Waals surface area contributed by atoms with Gasteiger partial charge in [-0.15, -0.1) is 0 Å². The molecule has 1 N–H and O–H groups in total. The van der Waals surface area contributed by atoms with Gasteiger partial charge in [0.25, 0.3) is 0 Å². The van der Waals surface area contributed by atoms with Crippen LogP contribution in [0.15, 0.2) is 24.3 Å². The molecule has 0 aliphatic carbocycles. The number of anilines is 1. The highest BCUT2D eigenvalue weighted by atomic mass is 16.5. The Kier molecular flexibility index (Phi) is 5.77. The first kappa shape index (κ1) is 18.3. The molecular weight excluding hydrogens is 287 g/mol. The van der Waals surface area contributed by atoms with Crippen LogP contribution in [0.2, 0.25) is 0 Å². The Morgan fingerprint density at radius 3 is 2.09 bits per heavy atom. The summed E-state index contributed by atoms with van der Waals surface area (Å²) in [6.45, 7) is 15.1. The average Bonchev–Trinajstić information content (AvgIpc) is 2.52. The van der Waals surface area contributed by atoms with E-state index in [1.165, 1.54) is 5.69 Å². The zero-order valence-electron chi connectivity index (χ0n) is 15.2. The molecule has 1 heterocycles. The first-order valence-electron chi connectivity index (χ1n) is 8.54. The third-order valence-corrected chi connectivity index (χ3v) is 5.04. The van der Waals surface area contributed by atoms with Crippen LogP contribution in [0.4, 0.5) is 5.69 Å². The van der Waals surface area contributed by atoms with Crippen molar-refractivity contribution < 1.29 is 9.76 Å². The Morgan fingerprint density at radius 1 is 1.04 bits per heavy atom. The van der Waals surface area contributed by atoms with Gasteiger partial charge in [-0.1, -0.05) is 24.5 Å². The van der Waals surface area contributed by atoms with Gasteiger partial charge in [-0.3, -0.25) is 0 Å². The molecule has 127 valence electrons. The molecule has 1 aromatic carbocycles. The largest absolute Gasteiger partial charge is 0.427 e. The lowest BCUT2D eigenvalue weighted by Gasteiger charge is -2.37. The number of piperazine rings is 1. The van der Waals surface area contributed by atoms with Crippen molar-refractivity contribution in [1.82, 2.24) is 4.90 Å². The minimum absolute atomic E-state index is 0.637. The van der Waals surface area contributed by atoms with Crippen LogP contribution < -0.4 is 10.4 Å². The molecule has 0 aromatic heterocycles. The molecule has 0 unspecified atom stereocenters. The van der Waals surface area contributed by atoms with Gasteiger partial charge in [0.15, 0.2) is 0 Å². The fraction of sp³-hybridized carbons (Fsp3) is 0.667. The van der Waals surface area contributed by atoms with Crippen LogP contribution in [-0.4, -0.2) is 61.4 Å². The fourth-order valence-corrected chi connectivity index (χ4v) is 2.45. The zero-order chi connectivity index (χ0) is 17.1. The minimum atomic E-state index is -0.900. The van der Waals surface area contributed by atoms with Crippen molar-refractivity contribution in [2.75, 3.05) is 37.6 Å². The Bertz CT molecular complexity index is 489. The lowest BCUT2D eigenvalue weighted by molar-refractivity contribution is -0.0893. The van der Waals surface area contributed by atoms with Crippen molar-refractivity contribution in [3.8, 4) is 0 Å². The van der Waals surface area contributed by atoms with Crippen LogP contribution in [0.25, 0.3) is 0 Å². The molecule has 0 amide bonds. The van der Waals surface area contributed by atoms with Gasteiger partial charge in [0.1, 0.15) is 0 Å². The van der Waals surface area contributed by atoms with Gasteiger partial charge >= 0.3 is 7.48 Å². The molecule has 1 radical (unpaired) electrons. The second-order valence-corrected chi connectivity index (χ2v) is 7.32. The molecule has 2 rings (SSSR count). The molecule has 1 fully saturated rings. The van der Waals surface area contributed by atoms with E-state index < -0.39 is 11.2 Å². The van der Waals surface area contributed by atoms with Crippen LogP contribution in [0.1, 0.15) is 34.6 Å². The standard InChI is InChI=1S/C18H30BN2O2/c1-6-20-11-13-21(14-12-20)16-9-7-15(8-10-16)19-23-18(4,5)17(2,3)22/h7-10,22H,6,11-14H2,1-5H3. The van der Waals surface area contributed by atoms with Crippen LogP contribution in [0.3, 0.4) is 0 Å². The number of likely N-dealkylation sites (N-methyl/N-ethyl adjacent to an activating group) is 1. The van der Waals surface area contributed by atoms with E-state index in [2.05, 4.69) is 41.0 Å². The van der Waals surface area contributed by atoms with Gasteiger partial charge in [0.05, 0.1) is 11.2 Å². The van der Waals surface area contributed by atoms with Gasteiger partial charge in [0, 0.05) is 31.9 Å². The van der Waals surface area contributed by atoms with Crippen molar-refractivity contribution in [3.63, 3.8) is 0 Å². The summed E-state index contributed by atoms with van der Waals surface area (Å²) in [5.41, 5.74) is 0.739. The van der Waals surface area contributed by atoms with Crippen molar-refractivity contribution in [1.29, 1.82) is 0 Å². The smallest absolute Gasteiger partial charge is 0.330 e. The summed E-state index contributed by atoms with van der Waals surface area (Å²) >= 11 is 0. The predicted molar refractivity (Wildman–Crippen MR) is 97.6 cm³/mol. The summed E-state index contributed by atoms with van der Waals surface area (Å²) in [6, 6.07) is 8.44. The molecule has 0 atom stereocenters. The molecule has 0 bridgehead atoms. The molecule has 4 nitrogen and oxygen atoms in total. The van der Waals surface area contributed by atoms with E-state index in [1.54, 1.807) is 21.3 Å². The first-order valence-corrected chi connectivity index (χ1v) is 8.54. The quantitative estimate of drug-likeness (QED) is 0.809. The molecule has 1 aromatic rings. The van der Waals surface area contributed by atoms with Gasteiger partial charge in [-0.25, -0.2) is 0 Å². The van der Waals surface area contributed by atoms with E-state index >= 15 is 0 Å². The number of benzene rings is 1. The highest BCUT2D eigenvalue weighted by Crippen LogP contribution is 2.24. The monoisotopic (exact) mass is 317 g/mol. The van der Waals surface area contributed by atoms with E-state index in [1.807, 2.05) is 13.8 Å². The fourth-order valence-electron chi connectivity index (χ4n) is 2.45. The number of hydrogen-bond donors (Lipinski definition) is 1. The summed E-state index contributed by atoms with van der Waals surface area (Å²) in [5.74, 6) is 0. The normalized spacial score (nSPS) is 17.4. The van der Waals surface area contributed by atoms with Crippen LogP contribution in [0, 0.1) is 0 Å². The molecule has 23 heavy (non-hydrogen) atoms. The molecule has 1 aliphatic rings. The van der Waals surface area contributed by atoms with Crippen molar-refractivity contribution in [2.45, 2.75) is 45.8 Å². The summed E-state index contributed by atoms with van der Waals surface area (Å²) in [6.07, 6.45) is 0. The maximum Gasteiger partial charge on any atom is 0.330 e. The maximum atomic E-state index is 10.1. The van der Waals surface area contributed by atoms with Crippen LogP contribution in [0.5, 0.6) is 0 Å². The molecule has 5 heteroatoms. The second-order valence-electron chi connectivity index (χ2n) is 7.32. The Balaban J connectivity index is 1.90. The maximum absolute atomic E-state index is 10.1. The van der Waals surface area contributed by atoms with Crippen molar-refractivity contribution in [3.05, 3.63) is 24.3 Å². The zero-order valence-corrected chi connectivity index (χ0v) is 15.2. The topological polar surface area (TPSA) is 35.9 Å².